The van der Waals surface area contributed by atoms with E-state index in [1.165, 1.54) is 10.4 Å². The van der Waals surface area contributed by atoms with Crippen LogP contribution in [-0.4, -0.2) is 49.7 Å². The van der Waals surface area contributed by atoms with E-state index in [-0.39, 0.29) is 23.2 Å². The van der Waals surface area contributed by atoms with Crippen molar-refractivity contribution in [2.75, 3.05) is 26.2 Å². The molecule has 1 amide bonds. The van der Waals surface area contributed by atoms with Crippen LogP contribution in [-0.2, 0) is 10.0 Å². The summed E-state index contributed by atoms with van der Waals surface area (Å²) in [6.07, 6.45) is 0. The Morgan fingerprint density at radius 3 is 2.21 bits per heavy atom. The molecule has 0 bridgehead atoms. The minimum absolute atomic E-state index is 0.0670. The third-order valence-corrected chi connectivity index (χ3v) is 8.08. The van der Waals surface area contributed by atoms with Gasteiger partial charge in [0, 0.05) is 35.3 Å². The molecule has 2 aromatic rings. The Balaban J connectivity index is 1.67. The van der Waals surface area contributed by atoms with Crippen LogP contribution in [0, 0.1) is 3.57 Å². The van der Waals surface area contributed by atoms with Crippen LogP contribution in [0.2, 0.25) is 4.34 Å². The van der Waals surface area contributed by atoms with Gasteiger partial charge in [0.15, 0.2) is 0 Å². The van der Waals surface area contributed by atoms with Crippen molar-refractivity contribution in [1.29, 1.82) is 0 Å². The Morgan fingerprint density at radius 2 is 1.67 bits per heavy atom. The fraction of sp³-hybridized carbons (Fsp3) is 0.267. The second-order valence-corrected chi connectivity index (χ2v) is 10.4. The molecule has 5 nitrogen and oxygen atoms in total. The van der Waals surface area contributed by atoms with Crippen molar-refractivity contribution < 1.29 is 13.2 Å². The average Bonchev–Trinajstić information content (AvgIpc) is 3.02. The Labute approximate surface area is 163 Å². The summed E-state index contributed by atoms with van der Waals surface area (Å²) in [4.78, 5) is 14.2. The first-order valence-electron chi connectivity index (χ1n) is 7.18. The molecule has 0 aliphatic carbocycles. The van der Waals surface area contributed by atoms with E-state index in [1.54, 1.807) is 23.1 Å². The molecule has 24 heavy (non-hydrogen) atoms. The lowest BCUT2D eigenvalue weighted by Crippen LogP contribution is -2.50. The third-order valence-electron chi connectivity index (χ3n) is 3.76. The Hall–Kier alpha value is -0.680. The van der Waals surface area contributed by atoms with E-state index in [1.807, 2.05) is 12.1 Å². The zero-order valence-corrected chi connectivity index (χ0v) is 17.0. The molecule has 0 radical (unpaired) electrons. The van der Waals surface area contributed by atoms with Gasteiger partial charge in [0.1, 0.15) is 4.21 Å². The van der Waals surface area contributed by atoms with Gasteiger partial charge in [-0.25, -0.2) is 8.42 Å². The van der Waals surface area contributed by atoms with Crippen LogP contribution in [0.1, 0.15) is 10.4 Å². The van der Waals surface area contributed by atoms with Crippen molar-refractivity contribution in [2.45, 2.75) is 4.21 Å². The summed E-state index contributed by atoms with van der Waals surface area (Å²) in [7, 11) is -3.53. The standard InChI is InChI=1S/C15H14ClIN2O3S2/c16-13-5-6-14(23-13)24(21,22)19-9-7-18(8-10-19)15(20)11-1-3-12(17)4-2-11/h1-6H,7-10H2. The van der Waals surface area contributed by atoms with Gasteiger partial charge in [-0.15, -0.1) is 11.3 Å². The number of carbonyl (C=O) groups is 1. The van der Waals surface area contributed by atoms with Gasteiger partial charge in [0.05, 0.1) is 4.34 Å². The molecule has 1 aromatic heterocycles. The van der Waals surface area contributed by atoms with Gasteiger partial charge >= 0.3 is 0 Å². The van der Waals surface area contributed by atoms with Gasteiger partial charge in [-0.3, -0.25) is 4.79 Å². The van der Waals surface area contributed by atoms with Crippen LogP contribution in [0.5, 0.6) is 0 Å². The van der Waals surface area contributed by atoms with E-state index in [4.69, 9.17) is 11.6 Å². The smallest absolute Gasteiger partial charge is 0.253 e. The predicted octanol–water partition coefficient (Wildman–Crippen LogP) is 3.15. The van der Waals surface area contributed by atoms with Crippen LogP contribution >= 0.6 is 45.5 Å². The normalized spacial score (nSPS) is 16.3. The Bertz CT molecular complexity index is 844. The number of carbonyl (C=O) groups excluding carboxylic acids is 1. The highest BCUT2D eigenvalue weighted by Crippen LogP contribution is 2.28. The number of thiophene rings is 1. The van der Waals surface area contributed by atoms with E-state index in [0.29, 0.717) is 23.0 Å². The van der Waals surface area contributed by atoms with Crippen LogP contribution in [0.3, 0.4) is 0 Å². The zero-order chi connectivity index (χ0) is 17.3. The minimum Gasteiger partial charge on any atom is -0.336 e. The topological polar surface area (TPSA) is 57.7 Å². The molecule has 0 saturated carbocycles. The summed E-state index contributed by atoms with van der Waals surface area (Å²) < 4.78 is 28.3. The second kappa shape index (κ2) is 7.28. The number of rotatable bonds is 3. The summed E-state index contributed by atoms with van der Waals surface area (Å²) in [5, 5.41) is 0. The maximum Gasteiger partial charge on any atom is 0.253 e. The number of sulfonamides is 1. The quantitative estimate of drug-likeness (QED) is 0.614. The third kappa shape index (κ3) is 3.77. The fourth-order valence-electron chi connectivity index (χ4n) is 2.47. The van der Waals surface area contributed by atoms with Gasteiger partial charge in [0.2, 0.25) is 0 Å². The number of hydrogen-bond acceptors (Lipinski definition) is 4. The number of benzene rings is 1. The van der Waals surface area contributed by atoms with E-state index < -0.39 is 10.0 Å². The van der Waals surface area contributed by atoms with Crippen LogP contribution < -0.4 is 0 Å². The number of halogens is 2. The second-order valence-electron chi connectivity index (χ2n) is 5.26. The molecule has 1 aliphatic heterocycles. The van der Waals surface area contributed by atoms with Crippen molar-refractivity contribution >= 4 is 61.5 Å². The molecule has 128 valence electrons. The fourth-order valence-corrected chi connectivity index (χ4v) is 5.89. The van der Waals surface area contributed by atoms with Gasteiger partial charge in [-0.1, -0.05) is 11.6 Å². The Morgan fingerprint density at radius 1 is 1.04 bits per heavy atom. The van der Waals surface area contributed by atoms with Gasteiger partial charge < -0.3 is 4.90 Å². The molecule has 1 fully saturated rings. The molecule has 1 saturated heterocycles. The number of piperazine rings is 1. The first-order valence-corrected chi connectivity index (χ1v) is 10.9. The maximum atomic E-state index is 12.6. The molecule has 9 heteroatoms. The zero-order valence-electron chi connectivity index (χ0n) is 12.5. The lowest BCUT2D eigenvalue weighted by atomic mass is 10.2. The maximum absolute atomic E-state index is 12.6. The van der Waals surface area contributed by atoms with E-state index in [2.05, 4.69) is 22.6 Å². The summed E-state index contributed by atoms with van der Waals surface area (Å²) in [6, 6.07) is 10.5. The van der Waals surface area contributed by atoms with Crippen LogP contribution in [0.15, 0.2) is 40.6 Å². The van der Waals surface area contributed by atoms with Crippen molar-refractivity contribution in [2.24, 2.45) is 0 Å². The first kappa shape index (κ1) is 18.1. The highest BCUT2D eigenvalue weighted by Gasteiger charge is 2.31. The van der Waals surface area contributed by atoms with Crippen molar-refractivity contribution in [3.05, 3.63) is 49.9 Å². The lowest BCUT2D eigenvalue weighted by Gasteiger charge is -2.33. The van der Waals surface area contributed by atoms with Gasteiger partial charge in [0.25, 0.3) is 15.9 Å². The van der Waals surface area contributed by atoms with Crippen molar-refractivity contribution in [3.63, 3.8) is 0 Å². The highest BCUT2D eigenvalue weighted by atomic mass is 127. The largest absolute Gasteiger partial charge is 0.336 e. The van der Waals surface area contributed by atoms with Crippen molar-refractivity contribution in [1.82, 2.24) is 9.21 Å². The molecule has 0 N–H and O–H groups in total. The number of hydrogen-bond donors (Lipinski definition) is 0. The summed E-state index contributed by atoms with van der Waals surface area (Å²) in [6.45, 7) is 1.33. The molecule has 0 unspecified atom stereocenters. The monoisotopic (exact) mass is 496 g/mol. The van der Waals surface area contributed by atoms with Gasteiger partial charge in [-0.05, 0) is 59.0 Å². The molecule has 1 aromatic carbocycles. The molecule has 3 rings (SSSR count). The number of nitrogens with zero attached hydrogens (tertiary/aromatic N) is 2. The lowest BCUT2D eigenvalue weighted by molar-refractivity contribution is 0.0698. The van der Waals surface area contributed by atoms with Crippen molar-refractivity contribution in [3.8, 4) is 0 Å². The predicted molar refractivity (Wildman–Crippen MR) is 103 cm³/mol. The molecule has 0 spiro atoms. The minimum atomic E-state index is -3.53. The van der Waals surface area contributed by atoms with E-state index >= 15 is 0 Å². The summed E-state index contributed by atoms with van der Waals surface area (Å²) >= 11 is 9.07. The molecule has 2 heterocycles. The molecule has 0 atom stereocenters. The summed E-state index contributed by atoms with van der Waals surface area (Å²) in [5.41, 5.74) is 0.622. The molecule has 1 aliphatic rings. The first-order chi connectivity index (χ1) is 11.4. The highest BCUT2D eigenvalue weighted by molar-refractivity contribution is 14.1. The average molecular weight is 497 g/mol. The Kier molecular flexibility index (Phi) is 5.50. The van der Waals surface area contributed by atoms with Crippen LogP contribution in [0.25, 0.3) is 0 Å². The van der Waals surface area contributed by atoms with Crippen LogP contribution in [0.4, 0.5) is 0 Å². The van der Waals surface area contributed by atoms with E-state index in [9.17, 15) is 13.2 Å². The van der Waals surface area contributed by atoms with E-state index in [0.717, 1.165) is 14.9 Å². The SMILES string of the molecule is O=C(c1ccc(I)cc1)N1CCN(S(=O)(=O)c2ccc(Cl)s2)CC1. The summed E-state index contributed by atoms with van der Waals surface area (Å²) in [5.74, 6) is -0.0670. The number of amides is 1. The molecular formula is C15H14ClIN2O3S2. The molecular weight excluding hydrogens is 483 g/mol. The van der Waals surface area contributed by atoms with Gasteiger partial charge in [-0.2, -0.15) is 4.31 Å².